The number of aryl methyl sites for hydroxylation is 1. The Morgan fingerprint density at radius 1 is 1.32 bits per heavy atom. The standard InChI is InChI=1S/C12H8F3NO3/c1-6-9(11(17)18)10(16-19-6)7-4-2-3-5-8(7)12(13,14)15/h2-5H,1H3,(H,17,18). The van der Waals surface area contributed by atoms with Crippen LogP contribution in [0.15, 0.2) is 28.8 Å². The van der Waals surface area contributed by atoms with Crippen LogP contribution in [-0.2, 0) is 6.18 Å². The van der Waals surface area contributed by atoms with Crippen molar-refractivity contribution < 1.29 is 27.6 Å². The summed E-state index contributed by atoms with van der Waals surface area (Å²) in [5.74, 6) is -1.43. The molecule has 0 aliphatic carbocycles. The maximum atomic E-state index is 12.9. The smallest absolute Gasteiger partial charge is 0.417 e. The molecule has 2 aromatic rings. The number of carbonyl (C=O) groups is 1. The van der Waals surface area contributed by atoms with Gasteiger partial charge in [-0.1, -0.05) is 23.4 Å². The third-order valence-electron chi connectivity index (χ3n) is 2.56. The number of carboxylic acids is 1. The van der Waals surface area contributed by atoms with Crippen molar-refractivity contribution in [1.82, 2.24) is 5.16 Å². The van der Waals surface area contributed by atoms with Crippen LogP contribution < -0.4 is 0 Å². The molecule has 100 valence electrons. The molecule has 1 N–H and O–H groups in total. The molecule has 7 heteroatoms. The Morgan fingerprint density at radius 3 is 2.53 bits per heavy atom. The van der Waals surface area contributed by atoms with Crippen molar-refractivity contribution >= 4 is 5.97 Å². The summed E-state index contributed by atoms with van der Waals surface area (Å²) < 4.78 is 43.3. The molecular formula is C12H8F3NO3. The van der Waals surface area contributed by atoms with Gasteiger partial charge in [-0.25, -0.2) is 4.79 Å². The number of alkyl halides is 3. The number of benzene rings is 1. The summed E-state index contributed by atoms with van der Waals surface area (Å²) in [6.45, 7) is 1.33. The van der Waals surface area contributed by atoms with Crippen LogP contribution in [0.5, 0.6) is 0 Å². The first-order chi connectivity index (χ1) is 8.82. The first kappa shape index (κ1) is 13.1. The molecule has 1 aromatic carbocycles. The third kappa shape index (κ3) is 2.31. The number of rotatable bonds is 2. The Hall–Kier alpha value is -2.31. The molecule has 0 bridgehead atoms. The molecule has 4 nitrogen and oxygen atoms in total. The highest BCUT2D eigenvalue weighted by molar-refractivity contribution is 5.96. The quantitative estimate of drug-likeness (QED) is 0.909. The van der Waals surface area contributed by atoms with Gasteiger partial charge in [-0.15, -0.1) is 0 Å². The van der Waals surface area contributed by atoms with E-state index in [4.69, 9.17) is 5.11 Å². The molecule has 0 unspecified atom stereocenters. The molecule has 0 saturated carbocycles. The lowest BCUT2D eigenvalue weighted by Gasteiger charge is -2.10. The average Bonchev–Trinajstić information content (AvgIpc) is 2.70. The highest BCUT2D eigenvalue weighted by Gasteiger charge is 2.35. The third-order valence-corrected chi connectivity index (χ3v) is 2.56. The van der Waals surface area contributed by atoms with E-state index in [9.17, 15) is 18.0 Å². The van der Waals surface area contributed by atoms with E-state index in [2.05, 4.69) is 9.68 Å². The SMILES string of the molecule is Cc1onc(-c2ccccc2C(F)(F)F)c1C(=O)O. The highest BCUT2D eigenvalue weighted by Crippen LogP contribution is 2.38. The molecule has 19 heavy (non-hydrogen) atoms. The van der Waals surface area contributed by atoms with Crippen molar-refractivity contribution in [3.63, 3.8) is 0 Å². The van der Waals surface area contributed by atoms with Gasteiger partial charge in [0.15, 0.2) is 0 Å². The maximum Gasteiger partial charge on any atom is 0.417 e. The molecule has 0 aliphatic rings. The lowest BCUT2D eigenvalue weighted by molar-refractivity contribution is -0.137. The number of hydrogen-bond donors (Lipinski definition) is 1. The van der Waals surface area contributed by atoms with Crippen LogP contribution in [0.2, 0.25) is 0 Å². The number of halogens is 3. The Balaban J connectivity index is 2.70. The summed E-state index contributed by atoms with van der Waals surface area (Å²) in [7, 11) is 0. The fourth-order valence-electron chi connectivity index (χ4n) is 1.74. The highest BCUT2D eigenvalue weighted by atomic mass is 19.4. The van der Waals surface area contributed by atoms with Gasteiger partial charge in [0.1, 0.15) is 17.0 Å². The summed E-state index contributed by atoms with van der Waals surface area (Å²) in [6, 6.07) is 4.62. The van der Waals surface area contributed by atoms with Gasteiger partial charge in [0.05, 0.1) is 5.56 Å². The predicted molar refractivity (Wildman–Crippen MR) is 58.6 cm³/mol. The Labute approximate surface area is 105 Å². The summed E-state index contributed by atoms with van der Waals surface area (Å²) in [5, 5.41) is 12.4. The monoisotopic (exact) mass is 271 g/mol. The molecular weight excluding hydrogens is 263 g/mol. The van der Waals surface area contributed by atoms with Crippen molar-refractivity contribution in [2.24, 2.45) is 0 Å². The molecule has 0 aliphatic heterocycles. The topological polar surface area (TPSA) is 63.3 Å². The minimum absolute atomic E-state index is 0.0422. The molecule has 0 atom stereocenters. The van der Waals surface area contributed by atoms with Crippen molar-refractivity contribution in [2.45, 2.75) is 13.1 Å². The molecule has 0 fully saturated rings. The van der Waals surface area contributed by atoms with Crippen LogP contribution in [0, 0.1) is 6.92 Å². The van der Waals surface area contributed by atoms with Crippen LogP contribution in [0.1, 0.15) is 21.7 Å². The van der Waals surface area contributed by atoms with E-state index in [1.54, 1.807) is 0 Å². The van der Waals surface area contributed by atoms with E-state index < -0.39 is 17.7 Å². The van der Waals surface area contributed by atoms with Gasteiger partial charge >= 0.3 is 12.1 Å². The fraction of sp³-hybridized carbons (Fsp3) is 0.167. The molecule has 0 saturated heterocycles. The molecule has 1 aromatic heterocycles. The summed E-state index contributed by atoms with van der Waals surface area (Å²) in [4.78, 5) is 11.1. The zero-order valence-corrected chi connectivity index (χ0v) is 9.65. The molecule has 0 amide bonds. The van der Waals surface area contributed by atoms with E-state index in [1.807, 2.05) is 0 Å². The second kappa shape index (κ2) is 4.42. The zero-order chi connectivity index (χ0) is 14.2. The Kier molecular flexibility index (Phi) is 3.05. The average molecular weight is 271 g/mol. The summed E-state index contributed by atoms with van der Waals surface area (Å²) in [6.07, 6.45) is -4.60. The van der Waals surface area contributed by atoms with Crippen molar-refractivity contribution in [3.05, 3.63) is 41.2 Å². The second-order valence-electron chi connectivity index (χ2n) is 3.81. The lowest BCUT2D eigenvalue weighted by atomic mass is 10.0. The van der Waals surface area contributed by atoms with Gasteiger partial charge in [-0.3, -0.25) is 0 Å². The maximum absolute atomic E-state index is 12.9. The van der Waals surface area contributed by atoms with Crippen LogP contribution >= 0.6 is 0 Å². The van der Waals surface area contributed by atoms with Crippen LogP contribution in [0.25, 0.3) is 11.3 Å². The van der Waals surface area contributed by atoms with Gasteiger partial charge in [-0.2, -0.15) is 13.2 Å². The molecule has 2 rings (SSSR count). The van der Waals surface area contributed by atoms with E-state index in [0.717, 1.165) is 12.1 Å². The van der Waals surface area contributed by atoms with Crippen molar-refractivity contribution in [2.75, 3.05) is 0 Å². The van der Waals surface area contributed by atoms with Gasteiger partial charge in [-0.05, 0) is 13.0 Å². The van der Waals surface area contributed by atoms with Gasteiger partial charge in [0.25, 0.3) is 0 Å². The van der Waals surface area contributed by atoms with E-state index >= 15 is 0 Å². The largest absolute Gasteiger partial charge is 0.477 e. The van der Waals surface area contributed by atoms with E-state index in [1.165, 1.54) is 19.1 Å². The lowest BCUT2D eigenvalue weighted by Crippen LogP contribution is -2.08. The Bertz CT molecular complexity index is 631. The number of aromatic carboxylic acids is 1. The van der Waals surface area contributed by atoms with Crippen molar-refractivity contribution in [3.8, 4) is 11.3 Å². The van der Waals surface area contributed by atoms with Gasteiger partial charge < -0.3 is 9.63 Å². The fourth-order valence-corrected chi connectivity index (χ4v) is 1.74. The van der Waals surface area contributed by atoms with Gasteiger partial charge in [0.2, 0.25) is 0 Å². The number of carboxylic acid groups (broad SMARTS) is 1. The number of aromatic nitrogens is 1. The minimum atomic E-state index is -4.60. The van der Waals surface area contributed by atoms with Gasteiger partial charge in [0, 0.05) is 5.56 Å². The molecule has 0 spiro atoms. The van der Waals surface area contributed by atoms with Crippen LogP contribution in [0.4, 0.5) is 13.2 Å². The van der Waals surface area contributed by atoms with Crippen LogP contribution in [-0.4, -0.2) is 16.2 Å². The molecule has 0 radical (unpaired) electrons. The number of hydrogen-bond acceptors (Lipinski definition) is 3. The van der Waals surface area contributed by atoms with Crippen molar-refractivity contribution in [1.29, 1.82) is 0 Å². The first-order valence-electron chi connectivity index (χ1n) is 5.18. The number of nitrogens with zero attached hydrogens (tertiary/aromatic N) is 1. The minimum Gasteiger partial charge on any atom is -0.477 e. The molecule has 1 heterocycles. The van der Waals surface area contributed by atoms with Crippen LogP contribution in [0.3, 0.4) is 0 Å². The summed E-state index contributed by atoms with van der Waals surface area (Å²) >= 11 is 0. The Morgan fingerprint density at radius 2 is 1.95 bits per heavy atom. The van der Waals surface area contributed by atoms with E-state index in [-0.39, 0.29) is 22.6 Å². The predicted octanol–water partition coefficient (Wildman–Crippen LogP) is 3.37. The second-order valence-corrected chi connectivity index (χ2v) is 3.81. The zero-order valence-electron chi connectivity index (χ0n) is 9.65. The summed E-state index contributed by atoms with van der Waals surface area (Å²) in [5.41, 5.74) is -1.95. The van der Waals surface area contributed by atoms with E-state index in [0.29, 0.717) is 0 Å². The first-order valence-corrected chi connectivity index (χ1v) is 5.18. The normalized spacial score (nSPS) is 11.6.